The van der Waals surface area contributed by atoms with Crippen molar-refractivity contribution < 1.29 is 0 Å². The van der Waals surface area contributed by atoms with Gasteiger partial charge in [-0.05, 0) is 37.3 Å². The van der Waals surface area contributed by atoms with Gasteiger partial charge in [0.25, 0.3) is 0 Å². The highest BCUT2D eigenvalue weighted by Gasteiger charge is 2.31. The summed E-state index contributed by atoms with van der Waals surface area (Å²) in [7, 11) is 0. The summed E-state index contributed by atoms with van der Waals surface area (Å²) in [5.74, 6) is 0.869. The van der Waals surface area contributed by atoms with Gasteiger partial charge in [-0.25, -0.2) is 0 Å². The minimum Gasteiger partial charge on any atom is -0.301 e. The summed E-state index contributed by atoms with van der Waals surface area (Å²) in [6, 6.07) is 12.0. The Balaban J connectivity index is 1.67. The standard InChI is InChI=1S/C21H34N2/c1-2-3-14-22-15-17-23(18-16-22)21(19-10-6-4-7-11-19)20-12-8-5-9-13-20/h4,6-7,10-11,20-21H,2-3,5,8-9,12-18H2,1H3. The molecule has 3 rings (SSSR count). The Morgan fingerprint density at radius 2 is 1.65 bits per heavy atom. The number of rotatable bonds is 6. The van der Waals surface area contributed by atoms with Gasteiger partial charge < -0.3 is 4.90 Å². The Morgan fingerprint density at radius 3 is 2.30 bits per heavy atom. The lowest BCUT2D eigenvalue weighted by Crippen LogP contribution is -2.49. The molecule has 1 aliphatic carbocycles. The SMILES string of the molecule is CCCCN1CCN(C(c2ccccc2)C2CCCCC2)CC1. The van der Waals surface area contributed by atoms with E-state index in [0.717, 1.165) is 5.92 Å². The first kappa shape index (κ1) is 17.0. The molecule has 0 N–H and O–H groups in total. The quantitative estimate of drug-likeness (QED) is 0.749. The highest BCUT2D eigenvalue weighted by molar-refractivity contribution is 5.20. The predicted molar refractivity (Wildman–Crippen MR) is 98.7 cm³/mol. The van der Waals surface area contributed by atoms with Crippen LogP contribution in [0.4, 0.5) is 0 Å². The zero-order valence-electron chi connectivity index (χ0n) is 14.9. The molecular formula is C21H34N2. The zero-order valence-corrected chi connectivity index (χ0v) is 14.9. The zero-order chi connectivity index (χ0) is 15.9. The van der Waals surface area contributed by atoms with Crippen LogP contribution >= 0.6 is 0 Å². The van der Waals surface area contributed by atoms with Crippen LogP contribution in [0.25, 0.3) is 0 Å². The summed E-state index contributed by atoms with van der Waals surface area (Å²) in [5, 5.41) is 0. The van der Waals surface area contributed by atoms with E-state index in [1.165, 1.54) is 77.7 Å². The van der Waals surface area contributed by atoms with Crippen LogP contribution in [0.2, 0.25) is 0 Å². The van der Waals surface area contributed by atoms with E-state index < -0.39 is 0 Å². The fraction of sp³-hybridized carbons (Fsp3) is 0.714. The lowest BCUT2D eigenvalue weighted by Gasteiger charge is -2.43. The maximum atomic E-state index is 2.80. The highest BCUT2D eigenvalue weighted by atomic mass is 15.3. The Hall–Kier alpha value is -0.860. The molecule has 1 saturated heterocycles. The molecule has 0 aromatic heterocycles. The summed E-state index contributed by atoms with van der Waals surface area (Å²) in [5.41, 5.74) is 1.56. The van der Waals surface area contributed by atoms with Gasteiger partial charge in [0.15, 0.2) is 0 Å². The first-order valence-electron chi connectivity index (χ1n) is 9.90. The normalized spacial score (nSPS) is 23.0. The molecule has 2 heteroatoms. The molecule has 0 radical (unpaired) electrons. The van der Waals surface area contributed by atoms with Crippen molar-refractivity contribution in [1.29, 1.82) is 0 Å². The third kappa shape index (κ3) is 4.58. The summed E-state index contributed by atoms with van der Waals surface area (Å²) in [4.78, 5) is 5.47. The van der Waals surface area contributed by atoms with E-state index in [2.05, 4.69) is 47.1 Å². The second-order valence-corrected chi connectivity index (χ2v) is 7.48. The molecule has 1 aromatic carbocycles. The topological polar surface area (TPSA) is 6.48 Å². The largest absolute Gasteiger partial charge is 0.301 e. The number of hydrogen-bond donors (Lipinski definition) is 0. The van der Waals surface area contributed by atoms with Gasteiger partial charge in [-0.1, -0.05) is 62.9 Å². The number of piperazine rings is 1. The highest BCUT2D eigenvalue weighted by Crippen LogP contribution is 2.38. The first-order valence-corrected chi connectivity index (χ1v) is 9.90. The van der Waals surface area contributed by atoms with Crippen molar-refractivity contribution in [3.63, 3.8) is 0 Å². The number of hydrogen-bond acceptors (Lipinski definition) is 2. The molecule has 2 fully saturated rings. The molecule has 0 bridgehead atoms. The summed E-state index contributed by atoms with van der Waals surface area (Å²) in [6.45, 7) is 8.61. The maximum Gasteiger partial charge on any atom is 0.0377 e. The summed E-state index contributed by atoms with van der Waals surface area (Å²) in [6.07, 6.45) is 9.84. The van der Waals surface area contributed by atoms with Gasteiger partial charge in [0.2, 0.25) is 0 Å². The van der Waals surface area contributed by atoms with Crippen molar-refractivity contribution in [1.82, 2.24) is 9.80 Å². The summed E-state index contributed by atoms with van der Waals surface area (Å²) >= 11 is 0. The van der Waals surface area contributed by atoms with Crippen molar-refractivity contribution in [2.75, 3.05) is 32.7 Å². The Bertz CT molecular complexity index is 430. The predicted octanol–water partition coefficient (Wildman–Crippen LogP) is 4.73. The van der Waals surface area contributed by atoms with E-state index in [1.807, 2.05) is 0 Å². The van der Waals surface area contributed by atoms with Crippen LogP contribution in [0.3, 0.4) is 0 Å². The van der Waals surface area contributed by atoms with Gasteiger partial charge >= 0.3 is 0 Å². The first-order chi connectivity index (χ1) is 11.4. The molecule has 1 heterocycles. The number of unbranched alkanes of at least 4 members (excludes halogenated alkanes) is 1. The molecule has 1 atom stereocenters. The third-order valence-electron chi connectivity index (χ3n) is 5.87. The van der Waals surface area contributed by atoms with E-state index >= 15 is 0 Å². The monoisotopic (exact) mass is 314 g/mol. The number of nitrogens with zero attached hydrogens (tertiary/aromatic N) is 2. The van der Waals surface area contributed by atoms with Crippen molar-refractivity contribution in [3.8, 4) is 0 Å². The average molecular weight is 315 g/mol. The molecule has 128 valence electrons. The third-order valence-corrected chi connectivity index (χ3v) is 5.87. The lowest BCUT2D eigenvalue weighted by molar-refractivity contribution is 0.0571. The van der Waals surface area contributed by atoms with E-state index in [4.69, 9.17) is 0 Å². The van der Waals surface area contributed by atoms with Gasteiger partial charge in [-0.3, -0.25) is 4.90 Å². The molecule has 0 spiro atoms. The molecule has 0 amide bonds. The van der Waals surface area contributed by atoms with E-state index in [-0.39, 0.29) is 0 Å². The van der Waals surface area contributed by atoms with Gasteiger partial charge in [0, 0.05) is 32.2 Å². The van der Waals surface area contributed by atoms with Crippen LogP contribution < -0.4 is 0 Å². The molecular weight excluding hydrogens is 280 g/mol. The van der Waals surface area contributed by atoms with Crippen LogP contribution in [0.15, 0.2) is 30.3 Å². The smallest absolute Gasteiger partial charge is 0.0377 e. The lowest BCUT2D eigenvalue weighted by atomic mass is 9.80. The average Bonchev–Trinajstić information content (AvgIpc) is 2.63. The molecule has 1 aromatic rings. The maximum absolute atomic E-state index is 2.80. The van der Waals surface area contributed by atoms with E-state index in [0.29, 0.717) is 6.04 Å². The van der Waals surface area contributed by atoms with E-state index in [1.54, 1.807) is 5.56 Å². The van der Waals surface area contributed by atoms with Crippen molar-refractivity contribution in [2.24, 2.45) is 5.92 Å². The van der Waals surface area contributed by atoms with Crippen molar-refractivity contribution in [2.45, 2.75) is 57.9 Å². The minimum atomic E-state index is 0.657. The van der Waals surface area contributed by atoms with Crippen molar-refractivity contribution in [3.05, 3.63) is 35.9 Å². The van der Waals surface area contributed by atoms with Crippen LogP contribution in [-0.4, -0.2) is 42.5 Å². The van der Waals surface area contributed by atoms with Gasteiger partial charge in [-0.15, -0.1) is 0 Å². The van der Waals surface area contributed by atoms with Gasteiger partial charge in [0.05, 0.1) is 0 Å². The van der Waals surface area contributed by atoms with Crippen LogP contribution in [0, 0.1) is 5.92 Å². The number of benzene rings is 1. The molecule has 2 nitrogen and oxygen atoms in total. The minimum absolute atomic E-state index is 0.657. The Labute approximate surface area is 142 Å². The Kier molecular flexibility index (Phi) is 6.53. The van der Waals surface area contributed by atoms with Gasteiger partial charge in [-0.2, -0.15) is 0 Å². The molecule has 1 aliphatic heterocycles. The van der Waals surface area contributed by atoms with Crippen LogP contribution in [0.5, 0.6) is 0 Å². The molecule has 1 saturated carbocycles. The van der Waals surface area contributed by atoms with Crippen LogP contribution in [0.1, 0.15) is 63.5 Å². The second-order valence-electron chi connectivity index (χ2n) is 7.48. The summed E-state index contributed by atoms with van der Waals surface area (Å²) < 4.78 is 0. The van der Waals surface area contributed by atoms with E-state index in [9.17, 15) is 0 Å². The fourth-order valence-electron chi connectivity index (χ4n) is 4.53. The molecule has 23 heavy (non-hydrogen) atoms. The van der Waals surface area contributed by atoms with Gasteiger partial charge in [0.1, 0.15) is 0 Å². The van der Waals surface area contributed by atoms with Crippen molar-refractivity contribution >= 4 is 0 Å². The molecule has 2 aliphatic rings. The van der Waals surface area contributed by atoms with Crippen LogP contribution in [-0.2, 0) is 0 Å². The second kappa shape index (κ2) is 8.84. The Morgan fingerprint density at radius 1 is 0.957 bits per heavy atom. The molecule has 1 unspecified atom stereocenters. The fourth-order valence-corrected chi connectivity index (χ4v) is 4.53.